The topological polar surface area (TPSA) is 98.7 Å². The highest BCUT2D eigenvalue weighted by Gasteiger charge is 2.23. The number of carboxylic acid groups (broad SMARTS) is 1. The number of amides is 2. The highest BCUT2D eigenvalue weighted by Crippen LogP contribution is 2.18. The first kappa shape index (κ1) is 14.3. The van der Waals surface area contributed by atoms with Gasteiger partial charge in [0.25, 0.3) is 0 Å². The molecule has 0 bridgehead atoms. The number of carbonyl (C=O) groups excluding carboxylic acids is 1. The summed E-state index contributed by atoms with van der Waals surface area (Å²) in [6.07, 6.45) is 1.80. The second-order valence-electron chi connectivity index (χ2n) is 4.99. The van der Waals surface area contributed by atoms with Crippen LogP contribution < -0.4 is 10.6 Å². The Hall–Kier alpha value is -2.08. The average Bonchev–Trinajstić information content (AvgIpc) is 2.82. The van der Waals surface area contributed by atoms with Crippen LogP contribution in [0.2, 0.25) is 0 Å². The van der Waals surface area contributed by atoms with Gasteiger partial charge in [-0.25, -0.2) is 9.59 Å². The van der Waals surface area contributed by atoms with E-state index in [0.29, 0.717) is 13.0 Å². The second-order valence-corrected chi connectivity index (χ2v) is 4.99. The molecule has 1 aromatic carbocycles. The summed E-state index contributed by atoms with van der Waals surface area (Å²) >= 11 is 0. The fourth-order valence-electron chi connectivity index (χ4n) is 2.27. The lowest BCUT2D eigenvalue weighted by atomic mass is 10.1. The van der Waals surface area contributed by atoms with Gasteiger partial charge >= 0.3 is 12.0 Å². The van der Waals surface area contributed by atoms with E-state index in [0.717, 1.165) is 18.4 Å². The summed E-state index contributed by atoms with van der Waals surface area (Å²) in [5.74, 6) is -0.970. The predicted octanol–water partition coefficient (Wildman–Crippen LogP) is 1.10. The van der Waals surface area contributed by atoms with Crippen LogP contribution in [0.25, 0.3) is 0 Å². The molecular weight excluding hydrogens is 260 g/mol. The SMILES string of the molecule is O=C(NCc1ccc(C(=O)O)cc1)N[C@H]1CC[C@@H](O)C1. The molecular formula is C14H18N2O4. The Morgan fingerprint density at radius 3 is 2.45 bits per heavy atom. The summed E-state index contributed by atoms with van der Waals surface area (Å²) in [5.41, 5.74) is 1.05. The molecule has 1 aliphatic rings. The summed E-state index contributed by atoms with van der Waals surface area (Å²) in [6, 6.07) is 6.10. The maximum Gasteiger partial charge on any atom is 0.335 e. The van der Waals surface area contributed by atoms with Crippen LogP contribution in [-0.4, -0.2) is 34.4 Å². The lowest BCUT2D eigenvalue weighted by molar-refractivity contribution is 0.0697. The van der Waals surface area contributed by atoms with Gasteiger partial charge in [-0.05, 0) is 37.0 Å². The molecule has 2 amide bonds. The van der Waals surface area contributed by atoms with E-state index in [1.165, 1.54) is 12.1 Å². The van der Waals surface area contributed by atoms with Crippen LogP contribution in [0.5, 0.6) is 0 Å². The molecule has 1 fully saturated rings. The molecule has 4 N–H and O–H groups in total. The lowest BCUT2D eigenvalue weighted by Crippen LogP contribution is -2.40. The highest BCUT2D eigenvalue weighted by atomic mass is 16.4. The minimum atomic E-state index is -0.970. The van der Waals surface area contributed by atoms with E-state index in [1.807, 2.05) is 0 Å². The number of rotatable bonds is 4. The van der Waals surface area contributed by atoms with E-state index in [9.17, 15) is 14.7 Å². The van der Waals surface area contributed by atoms with Crippen LogP contribution in [0.3, 0.4) is 0 Å². The molecule has 108 valence electrons. The van der Waals surface area contributed by atoms with Crippen molar-refractivity contribution >= 4 is 12.0 Å². The molecule has 6 nitrogen and oxygen atoms in total. The number of aliphatic hydroxyl groups excluding tert-OH is 1. The molecule has 2 rings (SSSR count). The summed E-state index contributed by atoms with van der Waals surface area (Å²) in [4.78, 5) is 22.4. The number of hydrogen-bond donors (Lipinski definition) is 4. The molecule has 0 aromatic heterocycles. The van der Waals surface area contributed by atoms with E-state index in [-0.39, 0.29) is 23.7 Å². The monoisotopic (exact) mass is 278 g/mol. The van der Waals surface area contributed by atoms with Gasteiger partial charge in [-0.1, -0.05) is 12.1 Å². The summed E-state index contributed by atoms with van der Waals surface area (Å²) in [7, 11) is 0. The number of aromatic carboxylic acids is 1. The third kappa shape index (κ3) is 3.96. The van der Waals surface area contributed by atoms with Gasteiger partial charge in [-0.3, -0.25) is 0 Å². The van der Waals surface area contributed by atoms with Gasteiger partial charge in [0.1, 0.15) is 0 Å². The maximum atomic E-state index is 11.7. The Morgan fingerprint density at radius 2 is 1.90 bits per heavy atom. The molecule has 1 aromatic rings. The van der Waals surface area contributed by atoms with Gasteiger partial charge < -0.3 is 20.8 Å². The first-order valence-electron chi connectivity index (χ1n) is 6.59. The predicted molar refractivity (Wildman–Crippen MR) is 72.4 cm³/mol. The third-order valence-corrected chi connectivity index (χ3v) is 3.39. The van der Waals surface area contributed by atoms with E-state index >= 15 is 0 Å². The Morgan fingerprint density at radius 1 is 1.20 bits per heavy atom. The lowest BCUT2D eigenvalue weighted by Gasteiger charge is -2.13. The number of benzene rings is 1. The summed E-state index contributed by atoms with van der Waals surface area (Å²) in [6.45, 7) is 0.334. The molecule has 2 atom stereocenters. The van der Waals surface area contributed by atoms with Crippen molar-refractivity contribution in [3.8, 4) is 0 Å². The van der Waals surface area contributed by atoms with E-state index < -0.39 is 5.97 Å². The van der Waals surface area contributed by atoms with Gasteiger partial charge in [-0.15, -0.1) is 0 Å². The Balaban J connectivity index is 1.76. The Bertz CT molecular complexity index is 486. The fourth-order valence-corrected chi connectivity index (χ4v) is 2.27. The van der Waals surface area contributed by atoms with E-state index in [2.05, 4.69) is 10.6 Å². The zero-order valence-corrected chi connectivity index (χ0v) is 11.0. The standard InChI is InChI=1S/C14H18N2O4/c17-12-6-5-11(7-12)16-14(20)15-8-9-1-3-10(4-2-9)13(18)19/h1-4,11-12,17H,5-8H2,(H,18,19)(H2,15,16,20)/t11-,12+/m0/s1. The summed E-state index contributed by atoms with van der Waals surface area (Å²) in [5, 5.41) is 23.7. The first-order valence-corrected chi connectivity index (χ1v) is 6.59. The van der Waals surface area contributed by atoms with Gasteiger partial charge in [0, 0.05) is 12.6 Å². The smallest absolute Gasteiger partial charge is 0.335 e. The molecule has 0 heterocycles. The van der Waals surface area contributed by atoms with Crippen molar-refractivity contribution in [3.05, 3.63) is 35.4 Å². The third-order valence-electron chi connectivity index (χ3n) is 3.39. The minimum absolute atomic E-state index is 0.0272. The van der Waals surface area contributed by atoms with Gasteiger partial charge in [0.05, 0.1) is 11.7 Å². The highest BCUT2D eigenvalue weighted by molar-refractivity contribution is 5.87. The number of nitrogens with one attached hydrogen (secondary N) is 2. The minimum Gasteiger partial charge on any atom is -0.478 e. The van der Waals surface area contributed by atoms with Crippen molar-refractivity contribution in [1.29, 1.82) is 0 Å². The molecule has 1 aliphatic carbocycles. The van der Waals surface area contributed by atoms with Crippen molar-refractivity contribution in [1.82, 2.24) is 10.6 Å². The number of carboxylic acids is 1. The van der Waals surface area contributed by atoms with Crippen LogP contribution in [0.1, 0.15) is 35.2 Å². The molecule has 0 unspecified atom stereocenters. The Labute approximate surface area is 116 Å². The molecule has 20 heavy (non-hydrogen) atoms. The van der Waals surface area contributed by atoms with E-state index in [4.69, 9.17) is 5.11 Å². The van der Waals surface area contributed by atoms with Crippen LogP contribution in [0, 0.1) is 0 Å². The van der Waals surface area contributed by atoms with Crippen LogP contribution in [-0.2, 0) is 6.54 Å². The number of urea groups is 1. The zero-order chi connectivity index (χ0) is 14.5. The van der Waals surface area contributed by atoms with Crippen LogP contribution >= 0.6 is 0 Å². The Kier molecular flexibility index (Phi) is 4.57. The number of hydrogen-bond acceptors (Lipinski definition) is 3. The second kappa shape index (κ2) is 6.38. The molecule has 0 radical (unpaired) electrons. The zero-order valence-electron chi connectivity index (χ0n) is 11.0. The first-order chi connectivity index (χ1) is 9.54. The van der Waals surface area contributed by atoms with Crippen LogP contribution in [0.15, 0.2) is 24.3 Å². The van der Waals surface area contributed by atoms with Crippen molar-refractivity contribution in [2.45, 2.75) is 38.0 Å². The molecule has 6 heteroatoms. The van der Waals surface area contributed by atoms with E-state index in [1.54, 1.807) is 12.1 Å². The molecule has 0 spiro atoms. The van der Waals surface area contributed by atoms with Gasteiger partial charge in [-0.2, -0.15) is 0 Å². The van der Waals surface area contributed by atoms with Gasteiger partial charge in [0.15, 0.2) is 0 Å². The number of aliphatic hydroxyl groups is 1. The normalized spacial score (nSPS) is 21.4. The molecule has 1 saturated carbocycles. The van der Waals surface area contributed by atoms with Crippen LogP contribution in [0.4, 0.5) is 4.79 Å². The van der Waals surface area contributed by atoms with Crippen molar-refractivity contribution in [2.75, 3.05) is 0 Å². The number of carbonyl (C=O) groups is 2. The quantitative estimate of drug-likeness (QED) is 0.662. The molecule has 0 saturated heterocycles. The van der Waals surface area contributed by atoms with Crippen molar-refractivity contribution in [3.63, 3.8) is 0 Å². The average molecular weight is 278 g/mol. The molecule has 0 aliphatic heterocycles. The van der Waals surface area contributed by atoms with Crippen molar-refractivity contribution < 1.29 is 19.8 Å². The maximum absolute atomic E-state index is 11.7. The fraction of sp³-hybridized carbons (Fsp3) is 0.429. The summed E-state index contributed by atoms with van der Waals surface area (Å²) < 4.78 is 0. The largest absolute Gasteiger partial charge is 0.478 e. The van der Waals surface area contributed by atoms with Crippen molar-refractivity contribution in [2.24, 2.45) is 0 Å². The van der Waals surface area contributed by atoms with Gasteiger partial charge in [0.2, 0.25) is 0 Å².